The van der Waals surface area contributed by atoms with E-state index < -0.39 is 11.9 Å². The molecule has 2 rings (SSSR count). The van der Waals surface area contributed by atoms with Crippen LogP contribution < -0.4 is 16.3 Å². The molecule has 0 aromatic heterocycles. The van der Waals surface area contributed by atoms with Gasteiger partial charge in [0.25, 0.3) is 0 Å². The Morgan fingerprint density at radius 2 is 1.79 bits per heavy atom. The molecule has 0 bridgehead atoms. The average molecular weight is 331 g/mol. The number of benzene rings is 2. The molecule has 4 N–H and O–H groups in total. The summed E-state index contributed by atoms with van der Waals surface area (Å²) >= 11 is 0. The monoisotopic (exact) mass is 331 g/mol. The number of hydroxylamine groups is 2. The molecule has 0 aliphatic carbocycles. The minimum Gasteiger partial charge on any atom is -0.306 e. The van der Waals surface area contributed by atoms with Gasteiger partial charge in [-0.15, -0.1) is 0 Å². The van der Waals surface area contributed by atoms with Crippen molar-refractivity contribution in [1.29, 1.82) is 0 Å². The van der Waals surface area contributed by atoms with E-state index in [0.717, 1.165) is 17.2 Å². The Morgan fingerprint density at radius 1 is 1.00 bits per heavy atom. The van der Waals surface area contributed by atoms with Gasteiger partial charge in [0.1, 0.15) is 0 Å². The number of nitrogens with one attached hydrogen (secondary N) is 3. The normalized spacial score (nSPS) is 10.4. The fourth-order valence-electron chi connectivity index (χ4n) is 2.23. The number of carbonyl (C=O) groups is 2. The number of anilines is 1. The molecule has 0 saturated heterocycles. The van der Waals surface area contributed by atoms with Crippen LogP contribution in [0.2, 0.25) is 0 Å². The molecule has 0 saturated carbocycles. The Balaban J connectivity index is 1.63. The standard InChI is InChI=1S/C17H21N3O4/c21-16(19-23)8-2-1-5-11-24-20-17(22)18-15-10-9-13-6-3-4-7-14(13)12-15/h3-4,6-7,9-10,12,23H,1-2,5,8,11H2,(H,19,21)(H2,18,20,22). The minimum atomic E-state index is -0.440. The topological polar surface area (TPSA) is 99.7 Å². The van der Waals surface area contributed by atoms with Crippen LogP contribution in [0.15, 0.2) is 42.5 Å². The van der Waals surface area contributed by atoms with E-state index in [1.165, 1.54) is 0 Å². The molecular formula is C17H21N3O4. The second-order valence-electron chi connectivity index (χ2n) is 5.31. The molecule has 7 heteroatoms. The summed E-state index contributed by atoms with van der Waals surface area (Å²) in [5, 5.41) is 13.2. The summed E-state index contributed by atoms with van der Waals surface area (Å²) in [4.78, 5) is 27.6. The SMILES string of the molecule is O=C(CCCCCONC(=O)Nc1ccc2ccccc2c1)NO. The summed E-state index contributed by atoms with van der Waals surface area (Å²) < 4.78 is 0. The van der Waals surface area contributed by atoms with Crippen molar-refractivity contribution in [3.8, 4) is 0 Å². The maximum Gasteiger partial charge on any atom is 0.343 e. The van der Waals surface area contributed by atoms with Gasteiger partial charge >= 0.3 is 6.03 Å². The molecule has 0 fully saturated rings. The van der Waals surface area contributed by atoms with Crippen molar-refractivity contribution in [2.75, 3.05) is 11.9 Å². The van der Waals surface area contributed by atoms with Gasteiger partial charge in [-0.05, 0) is 35.7 Å². The van der Waals surface area contributed by atoms with E-state index in [4.69, 9.17) is 10.0 Å². The molecule has 2 aromatic carbocycles. The Hall–Kier alpha value is -2.64. The molecule has 128 valence electrons. The lowest BCUT2D eigenvalue weighted by atomic mass is 10.1. The number of hydrogen-bond acceptors (Lipinski definition) is 4. The van der Waals surface area contributed by atoms with E-state index in [1.54, 1.807) is 5.48 Å². The maximum absolute atomic E-state index is 11.7. The van der Waals surface area contributed by atoms with Crippen molar-refractivity contribution in [1.82, 2.24) is 11.0 Å². The molecule has 24 heavy (non-hydrogen) atoms. The number of amides is 3. The molecule has 0 atom stereocenters. The van der Waals surface area contributed by atoms with Gasteiger partial charge in [-0.2, -0.15) is 0 Å². The van der Waals surface area contributed by atoms with Gasteiger partial charge in [0.15, 0.2) is 0 Å². The van der Waals surface area contributed by atoms with Gasteiger partial charge in [-0.3, -0.25) is 14.8 Å². The summed E-state index contributed by atoms with van der Waals surface area (Å²) in [5.41, 5.74) is 4.59. The molecule has 0 aliphatic rings. The van der Waals surface area contributed by atoms with Crippen LogP contribution in [0.5, 0.6) is 0 Å². The fourth-order valence-corrected chi connectivity index (χ4v) is 2.23. The first-order valence-electron chi connectivity index (χ1n) is 7.79. The highest BCUT2D eigenvalue weighted by atomic mass is 16.7. The van der Waals surface area contributed by atoms with Crippen LogP contribution in [0.4, 0.5) is 10.5 Å². The third-order valence-electron chi connectivity index (χ3n) is 3.45. The number of hydrogen-bond donors (Lipinski definition) is 4. The third kappa shape index (κ3) is 5.86. The van der Waals surface area contributed by atoms with Crippen LogP contribution in [-0.2, 0) is 9.63 Å². The summed E-state index contributed by atoms with van der Waals surface area (Å²) in [6.07, 6.45) is 2.39. The van der Waals surface area contributed by atoms with E-state index >= 15 is 0 Å². The Labute approximate surface area is 139 Å². The molecule has 0 spiro atoms. The van der Waals surface area contributed by atoms with Gasteiger partial charge in [0.2, 0.25) is 5.91 Å². The molecule has 2 aromatic rings. The van der Waals surface area contributed by atoms with E-state index in [2.05, 4.69) is 10.8 Å². The molecule has 0 heterocycles. The summed E-state index contributed by atoms with van der Waals surface area (Å²) in [6, 6.07) is 13.1. The fraction of sp³-hybridized carbons (Fsp3) is 0.294. The largest absolute Gasteiger partial charge is 0.343 e. The van der Waals surface area contributed by atoms with Gasteiger partial charge in [-0.25, -0.2) is 15.8 Å². The zero-order valence-electron chi connectivity index (χ0n) is 13.2. The van der Waals surface area contributed by atoms with E-state index in [9.17, 15) is 9.59 Å². The van der Waals surface area contributed by atoms with Gasteiger partial charge in [0.05, 0.1) is 6.61 Å². The average Bonchev–Trinajstić information content (AvgIpc) is 2.60. The van der Waals surface area contributed by atoms with E-state index in [-0.39, 0.29) is 6.42 Å². The Morgan fingerprint density at radius 3 is 2.58 bits per heavy atom. The third-order valence-corrected chi connectivity index (χ3v) is 3.45. The lowest BCUT2D eigenvalue weighted by Crippen LogP contribution is -2.29. The lowest BCUT2D eigenvalue weighted by Gasteiger charge is -2.08. The van der Waals surface area contributed by atoms with Crippen molar-refractivity contribution >= 4 is 28.4 Å². The van der Waals surface area contributed by atoms with Crippen molar-refractivity contribution < 1.29 is 19.6 Å². The number of urea groups is 1. The zero-order chi connectivity index (χ0) is 17.2. The van der Waals surface area contributed by atoms with Crippen molar-refractivity contribution in [3.05, 3.63) is 42.5 Å². The smallest absolute Gasteiger partial charge is 0.306 e. The van der Waals surface area contributed by atoms with E-state index in [1.807, 2.05) is 42.5 Å². The first-order valence-corrected chi connectivity index (χ1v) is 7.79. The Bertz CT molecular complexity index is 690. The first-order chi connectivity index (χ1) is 11.7. The molecular weight excluding hydrogens is 310 g/mol. The second-order valence-corrected chi connectivity index (χ2v) is 5.31. The molecule has 7 nitrogen and oxygen atoms in total. The molecule has 0 aliphatic heterocycles. The van der Waals surface area contributed by atoms with Crippen LogP contribution >= 0.6 is 0 Å². The highest BCUT2D eigenvalue weighted by Gasteiger charge is 2.03. The van der Waals surface area contributed by atoms with Crippen LogP contribution in [0.1, 0.15) is 25.7 Å². The molecule has 3 amide bonds. The maximum atomic E-state index is 11.7. The van der Waals surface area contributed by atoms with Crippen LogP contribution in [0.25, 0.3) is 10.8 Å². The van der Waals surface area contributed by atoms with Gasteiger partial charge in [-0.1, -0.05) is 36.8 Å². The van der Waals surface area contributed by atoms with Gasteiger partial charge in [0, 0.05) is 12.1 Å². The van der Waals surface area contributed by atoms with Crippen molar-refractivity contribution in [3.63, 3.8) is 0 Å². The van der Waals surface area contributed by atoms with Crippen molar-refractivity contribution in [2.45, 2.75) is 25.7 Å². The van der Waals surface area contributed by atoms with Gasteiger partial charge < -0.3 is 5.32 Å². The number of rotatable bonds is 8. The van der Waals surface area contributed by atoms with Crippen LogP contribution in [0.3, 0.4) is 0 Å². The van der Waals surface area contributed by atoms with Crippen LogP contribution in [-0.4, -0.2) is 23.8 Å². The zero-order valence-corrected chi connectivity index (χ0v) is 13.2. The highest BCUT2D eigenvalue weighted by Crippen LogP contribution is 2.18. The minimum absolute atomic E-state index is 0.270. The molecule has 0 unspecified atom stereocenters. The summed E-state index contributed by atoms with van der Waals surface area (Å²) in [7, 11) is 0. The van der Waals surface area contributed by atoms with E-state index in [0.29, 0.717) is 25.1 Å². The number of unbranched alkanes of at least 4 members (excludes halogenated alkanes) is 2. The van der Waals surface area contributed by atoms with Crippen molar-refractivity contribution in [2.24, 2.45) is 0 Å². The predicted octanol–water partition coefficient (Wildman–Crippen LogP) is 2.96. The summed E-state index contributed by atoms with van der Waals surface area (Å²) in [5.74, 6) is -0.399. The lowest BCUT2D eigenvalue weighted by molar-refractivity contribution is -0.129. The second kappa shape index (κ2) is 9.49. The first kappa shape index (κ1) is 17.7. The van der Waals surface area contributed by atoms with Crippen LogP contribution in [0, 0.1) is 0 Å². The Kier molecular flexibility index (Phi) is 7.00. The number of carbonyl (C=O) groups excluding carboxylic acids is 2. The highest BCUT2D eigenvalue weighted by molar-refractivity contribution is 5.93. The molecule has 0 radical (unpaired) electrons. The summed E-state index contributed by atoms with van der Waals surface area (Å²) in [6.45, 7) is 0.353. The predicted molar refractivity (Wildman–Crippen MR) is 90.5 cm³/mol. The quantitative estimate of drug-likeness (QED) is 0.339. The number of fused-ring (bicyclic) bond motifs is 1.